The van der Waals surface area contributed by atoms with E-state index in [1.165, 1.54) is 11.8 Å². The molecule has 1 amide bonds. The monoisotopic (exact) mass is 559 g/mol. The first kappa shape index (κ1) is 26.8. The highest BCUT2D eigenvalue weighted by Crippen LogP contribution is 2.38. The summed E-state index contributed by atoms with van der Waals surface area (Å²) in [5, 5.41) is 12.6. The first-order chi connectivity index (χ1) is 18.9. The third-order valence-corrected chi connectivity index (χ3v) is 7.99. The van der Waals surface area contributed by atoms with Crippen LogP contribution in [0.2, 0.25) is 5.02 Å². The number of carbonyl (C=O) groups is 1. The molecule has 39 heavy (non-hydrogen) atoms. The zero-order valence-corrected chi connectivity index (χ0v) is 23.9. The van der Waals surface area contributed by atoms with Crippen molar-refractivity contribution in [3.63, 3.8) is 0 Å². The normalized spacial score (nSPS) is 14.5. The SMILES string of the molecule is CCOc1cccc(C2C(C(=O)Nc3cccc(C)c3C)=C(C)Nc3nc(SCc4ccccc4Cl)nn32)c1. The lowest BCUT2D eigenvalue weighted by Crippen LogP contribution is -2.31. The molecule has 0 saturated heterocycles. The topological polar surface area (TPSA) is 81.1 Å². The number of ether oxygens (including phenoxy) is 1. The van der Waals surface area contributed by atoms with Gasteiger partial charge < -0.3 is 15.4 Å². The fourth-order valence-corrected chi connectivity index (χ4v) is 5.68. The molecule has 2 N–H and O–H groups in total. The van der Waals surface area contributed by atoms with Gasteiger partial charge in [-0.25, -0.2) is 4.68 Å². The Kier molecular flexibility index (Phi) is 7.95. The van der Waals surface area contributed by atoms with Gasteiger partial charge in [-0.15, -0.1) is 5.10 Å². The lowest BCUT2D eigenvalue weighted by molar-refractivity contribution is -0.113. The molecule has 1 aromatic heterocycles. The van der Waals surface area contributed by atoms with E-state index in [-0.39, 0.29) is 5.91 Å². The Bertz CT molecular complexity index is 1560. The van der Waals surface area contributed by atoms with E-state index >= 15 is 0 Å². The van der Waals surface area contributed by atoms with Crippen molar-refractivity contribution in [2.24, 2.45) is 0 Å². The molecule has 1 atom stereocenters. The number of hydrogen-bond acceptors (Lipinski definition) is 6. The average Bonchev–Trinajstić information content (AvgIpc) is 3.32. The largest absolute Gasteiger partial charge is 0.494 e. The summed E-state index contributed by atoms with van der Waals surface area (Å²) in [6, 6.07) is 20.9. The molecule has 4 aromatic rings. The molecule has 2 heterocycles. The molecule has 1 aliphatic rings. The molecule has 3 aromatic carbocycles. The number of hydrogen-bond donors (Lipinski definition) is 2. The molecule has 0 saturated carbocycles. The first-order valence-electron chi connectivity index (χ1n) is 12.8. The summed E-state index contributed by atoms with van der Waals surface area (Å²) < 4.78 is 7.56. The Morgan fingerprint density at radius 2 is 1.90 bits per heavy atom. The lowest BCUT2D eigenvalue weighted by atomic mass is 9.94. The number of fused-ring (bicyclic) bond motifs is 1. The van der Waals surface area contributed by atoms with E-state index in [9.17, 15) is 4.79 Å². The number of halogens is 1. The van der Waals surface area contributed by atoms with Gasteiger partial charge in [-0.05, 0) is 74.2 Å². The number of thioether (sulfide) groups is 1. The number of anilines is 2. The van der Waals surface area contributed by atoms with Gasteiger partial charge in [0.2, 0.25) is 11.1 Å². The fraction of sp³-hybridized carbons (Fsp3) is 0.233. The summed E-state index contributed by atoms with van der Waals surface area (Å²) in [7, 11) is 0. The van der Waals surface area contributed by atoms with Gasteiger partial charge in [-0.1, -0.05) is 65.8 Å². The van der Waals surface area contributed by atoms with Crippen LogP contribution in [0, 0.1) is 13.8 Å². The highest BCUT2D eigenvalue weighted by Gasteiger charge is 2.35. The summed E-state index contributed by atoms with van der Waals surface area (Å²) in [4.78, 5) is 18.6. The molecule has 0 radical (unpaired) electrons. The second-order valence-corrected chi connectivity index (χ2v) is 10.7. The molecule has 1 aliphatic heterocycles. The molecule has 7 nitrogen and oxygen atoms in total. The Balaban J connectivity index is 1.52. The minimum Gasteiger partial charge on any atom is -0.494 e. The van der Waals surface area contributed by atoms with Crippen LogP contribution >= 0.6 is 23.4 Å². The van der Waals surface area contributed by atoms with Crippen LogP contribution in [0.3, 0.4) is 0 Å². The summed E-state index contributed by atoms with van der Waals surface area (Å²) >= 11 is 7.86. The third-order valence-electron chi connectivity index (χ3n) is 6.73. The van der Waals surface area contributed by atoms with Crippen LogP contribution in [0.5, 0.6) is 5.75 Å². The molecule has 9 heteroatoms. The van der Waals surface area contributed by atoms with Crippen LogP contribution in [0.1, 0.15) is 42.1 Å². The average molecular weight is 560 g/mol. The number of rotatable bonds is 8. The van der Waals surface area contributed by atoms with Crippen molar-refractivity contribution in [3.8, 4) is 5.75 Å². The molecule has 5 rings (SSSR count). The predicted octanol–water partition coefficient (Wildman–Crippen LogP) is 7.17. The number of nitrogens with zero attached hydrogens (tertiary/aromatic N) is 3. The molecule has 0 aliphatic carbocycles. The first-order valence-corrected chi connectivity index (χ1v) is 14.1. The van der Waals surface area contributed by atoms with Gasteiger partial charge in [-0.3, -0.25) is 4.79 Å². The van der Waals surface area contributed by atoms with Crippen molar-refractivity contribution in [1.29, 1.82) is 0 Å². The molecule has 0 fully saturated rings. The number of nitrogens with one attached hydrogen (secondary N) is 2. The van der Waals surface area contributed by atoms with Gasteiger partial charge in [0.15, 0.2) is 0 Å². The summed E-state index contributed by atoms with van der Waals surface area (Å²) in [6.45, 7) is 8.42. The number of amides is 1. The van der Waals surface area contributed by atoms with E-state index in [1.807, 2.05) is 94.4 Å². The smallest absolute Gasteiger partial charge is 0.255 e. The molecule has 0 spiro atoms. The number of allylic oxidation sites excluding steroid dienone is 1. The van der Waals surface area contributed by atoms with E-state index < -0.39 is 6.04 Å². The molecule has 200 valence electrons. The summed E-state index contributed by atoms with van der Waals surface area (Å²) in [6.07, 6.45) is 0. The van der Waals surface area contributed by atoms with Crippen LogP contribution in [0.15, 0.2) is 83.2 Å². The number of aryl methyl sites for hydroxylation is 1. The number of aromatic nitrogens is 3. The zero-order chi connectivity index (χ0) is 27.5. The second-order valence-electron chi connectivity index (χ2n) is 9.32. The number of benzene rings is 3. The summed E-state index contributed by atoms with van der Waals surface area (Å²) in [5.41, 5.74) is 6.08. The van der Waals surface area contributed by atoms with E-state index in [0.717, 1.165) is 33.7 Å². The van der Waals surface area contributed by atoms with Crippen molar-refractivity contribution in [2.75, 3.05) is 17.2 Å². The van der Waals surface area contributed by atoms with Crippen molar-refractivity contribution >= 4 is 40.9 Å². The van der Waals surface area contributed by atoms with Crippen LogP contribution in [0.25, 0.3) is 0 Å². The highest BCUT2D eigenvalue weighted by molar-refractivity contribution is 7.98. The van der Waals surface area contributed by atoms with Gasteiger partial charge in [0.25, 0.3) is 5.91 Å². The maximum Gasteiger partial charge on any atom is 0.255 e. The zero-order valence-electron chi connectivity index (χ0n) is 22.3. The minimum atomic E-state index is -0.506. The molecular weight excluding hydrogens is 530 g/mol. The second kappa shape index (κ2) is 11.6. The van der Waals surface area contributed by atoms with Gasteiger partial charge in [0.05, 0.1) is 12.2 Å². The van der Waals surface area contributed by atoms with Gasteiger partial charge >= 0.3 is 0 Å². The predicted molar refractivity (Wildman–Crippen MR) is 158 cm³/mol. The van der Waals surface area contributed by atoms with Crippen molar-refractivity contribution in [3.05, 3.63) is 105 Å². The van der Waals surface area contributed by atoms with Crippen LogP contribution in [0.4, 0.5) is 11.6 Å². The Labute approximate surface area is 237 Å². The maximum absolute atomic E-state index is 13.9. The molecular formula is C30H30ClN5O2S. The van der Waals surface area contributed by atoms with E-state index in [1.54, 1.807) is 4.68 Å². The van der Waals surface area contributed by atoms with E-state index in [2.05, 4.69) is 10.6 Å². The molecule has 0 bridgehead atoms. The van der Waals surface area contributed by atoms with Crippen molar-refractivity contribution in [2.45, 2.75) is 44.6 Å². The van der Waals surface area contributed by atoms with Crippen LogP contribution in [-0.2, 0) is 10.5 Å². The highest BCUT2D eigenvalue weighted by atomic mass is 35.5. The summed E-state index contributed by atoms with van der Waals surface area (Å²) in [5.74, 6) is 1.73. The Morgan fingerprint density at radius 1 is 1.10 bits per heavy atom. The van der Waals surface area contributed by atoms with Crippen LogP contribution < -0.4 is 15.4 Å². The maximum atomic E-state index is 13.9. The van der Waals surface area contributed by atoms with Crippen molar-refractivity contribution in [1.82, 2.24) is 14.8 Å². The van der Waals surface area contributed by atoms with E-state index in [4.69, 9.17) is 26.4 Å². The van der Waals surface area contributed by atoms with E-state index in [0.29, 0.717) is 39.8 Å². The van der Waals surface area contributed by atoms with Gasteiger partial charge in [-0.2, -0.15) is 4.98 Å². The lowest BCUT2D eigenvalue weighted by Gasteiger charge is -2.29. The fourth-order valence-electron chi connectivity index (χ4n) is 4.57. The van der Waals surface area contributed by atoms with Gasteiger partial charge in [0, 0.05) is 22.2 Å². The Hall–Kier alpha value is -3.75. The Morgan fingerprint density at radius 3 is 2.69 bits per heavy atom. The quantitative estimate of drug-likeness (QED) is 0.223. The van der Waals surface area contributed by atoms with Crippen LogP contribution in [-0.4, -0.2) is 27.3 Å². The minimum absolute atomic E-state index is 0.202. The standard InChI is InChI=1S/C30H30ClN5O2S/c1-5-38-23-13-9-12-21(16-23)27-26(28(37)33-25-15-8-10-18(2)19(25)3)20(4)32-29-34-30(35-36(27)29)39-17-22-11-6-7-14-24(22)31/h6-16,27H,5,17H2,1-4H3,(H,33,37)(H,32,34,35). The third kappa shape index (κ3) is 5.67. The number of carbonyl (C=O) groups excluding carboxylic acids is 1. The molecule has 1 unspecified atom stereocenters. The van der Waals surface area contributed by atoms with Crippen molar-refractivity contribution < 1.29 is 9.53 Å². The van der Waals surface area contributed by atoms with Gasteiger partial charge in [0.1, 0.15) is 11.8 Å².